The van der Waals surface area contributed by atoms with E-state index in [9.17, 15) is 14.7 Å². The van der Waals surface area contributed by atoms with Gasteiger partial charge in [-0.25, -0.2) is 0 Å². The van der Waals surface area contributed by atoms with Crippen molar-refractivity contribution in [2.75, 3.05) is 33.8 Å². The summed E-state index contributed by atoms with van der Waals surface area (Å²) in [6, 6.07) is 6.06. The molecule has 2 saturated heterocycles. The van der Waals surface area contributed by atoms with Gasteiger partial charge in [-0.1, -0.05) is 6.07 Å². The number of piperidine rings is 1. The number of benzene rings is 1. The van der Waals surface area contributed by atoms with Gasteiger partial charge in [-0.2, -0.15) is 0 Å². The molecule has 30 heavy (non-hydrogen) atoms. The minimum Gasteiger partial charge on any atom is -0.497 e. The van der Waals surface area contributed by atoms with Crippen molar-refractivity contribution < 1.29 is 19.4 Å². The van der Waals surface area contributed by atoms with Crippen LogP contribution in [0.15, 0.2) is 18.2 Å². The third-order valence-electron chi connectivity index (χ3n) is 8.42. The maximum absolute atomic E-state index is 13.4. The van der Waals surface area contributed by atoms with Gasteiger partial charge in [-0.3, -0.25) is 9.59 Å². The fourth-order valence-electron chi connectivity index (χ4n) is 6.72. The average molecular weight is 413 g/mol. The standard InChI is InChI=1S/C24H32N2O4/c1-25-10-7-23-15-20(27)17(12-22(28)26-8-3-4-9-26)14-24(23,29)21(25)11-16-5-6-18(30-2)13-19(16)23/h5-6,13,17,21,29H,3-4,7-12,14-15H2,1-2H3. The zero-order valence-electron chi connectivity index (χ0n) is 18.0. The number of likely N-dealkylation sites (tertiary alicyclic amines) is 2. The second kappa shape index (κ2) is 7.06. The summed E-state index contributed by atoms with van der Waals surface area (Å²) in [5.74, 6) is 0.576. The van der Waals surface area contributed by atoms with E-state index in [0.717, 1.165) is 56.6 Å². The minimum absolute atomic E-state index is 0.0374. The lowest BCUT2D eigenvalue weighted by Crippen LogP contribution is -2.73. The van der Waals surface area contributed by atoms with Crippen LogP contribution in [0.5, 0.6) is 5.75 Å². The lowest BCUT2D eigenvalue weighted by molar-refractivity contribution is -0.179. The Labute approximate surface area is 178 Å². The molecule has 6 nitrogen and oxygen atoms in total. The predicted octanol–water partition coefficient (Wildman–Crippen LogP) is 1.92. The summed E-state index contributed by atoms with van der Waals surface area (Å²) < 4.78 is 5.48. The molecule has 4 unspecified atom stereocenters. The molecule has 2 aliphatic heterocycles. The molecule has 1 aromatic rings. The van der Waals surface area contributed by atoms with Crippen LogP contribution in [0, 0.1) is 5.92 Å². The quantitative estimate of drug-likeness (QED) is 0.821. The van der Waals surface area contributed by atoms with Gasteiger partial charge < -0.3 is 19.6 Å². The SMILES string of the molecule is COc1ccc2c(c1)C13CCN(C)C(C2)C1(O)CC(CC(=O)N1CCCC1)C(=O)C3. The Kier molecular flexibility index (Phi) is 4.71. The third kappa shape index (κ3) is 2.76. The lowest BCUT2D eigenvalue weighted by Gasteiger charge is -2.63. The van der Waals surface area contributed by atoms with E-state index in [1.54, 1.807) is 7.11 Å². The summed E-state index contributed by atoms with van der Waals surface area (Å²) in [6.45, 7) is 2.45. The first-order chi connectivity index (χ1) is 14.4. The van der Waals surface area contributed by atoms with Crippen molar-refractivity contribution in [3.05, 3.63) is 29.3 Å². The molecular formula is C24H32N2O4. The van der Waals surface area contributed by atoms with E-state index in [2.05, 4.69) is 18.0 Å². The fourth-order valence-corrected chi connectivity index (χ4v) is 6.72. The number of methoxy groups -OCH3 is 1. The number of hydrogen-bond acceptors (Lipinski definition) is 5. The molecule has 1 saturated carbocycles. The van der Waals surface area contributed by atoms with Gasteiger partial charge in [0.15, 0.2) is 0 Å². The molecule has 1 aromatic carbocycles. The molecule has 2 heterocycles. The monoisotopic (exact) mass is 412 g/mol. The van der Waals surface area contributed by atoms with Crippen LogP contribution in [-0.4, -0.2) is 72.0 Å². The highest BCUT2D eigenvalue weighted by atomic mass is 16.5. The van der Waals surface area contributed by atoms with Crippen molar-refractivity contribution in [2.45, 2.75) is 62.0 Å². The molecule has 1 amide bonds. The van der Waals surface area contributed by atoms with Gasteiger partial charge in [0.1, 0.15) is 11.5 Å². The van der Waals surface area contributed by atoms with E-state index < -0.39 is 16.9 Å². The van der Waals surface area contributed by atoms with Crippen LogP contribution in [-0.2, 0) is 21.4 Å². The highest BCUT2D eigenvalue weighted by Gasteiger charge is 2.66. The maximum atomic E-state index is 13.4. The molecule has 5 rings (SSSR count). The number of aliphatic hydroxyl groups is 1. The largest absolute Gasteiger partial charge is 0.497 e. The summed E-state index contributed by atoms with van der Waals surface area (Å²) in [6.07, 6.45) is 4.51. The molecule has 0 spiro atoms. The summed E-state index contributed by atoms with van der Waals surface area (Å²) in [5.41, 5.74) is 0.683. The molecule has 2 bridgehead atoms. The number of carbonyl (C=O) groups excluding carboxylic acids is 2. The van der Waals surface area contributed by atoms with Gasteiger partial charge in [0.25, 0.3) is 0 Å². The number of likely N-dealkylation sites (N-methyl/N-ethyl adjacent to an activating group) is 1. The second-order valence-electron chi connectivity index (χ2n) is 9.82. The molecule has 4 aliphatic rings. The number of Topliss-reactive ketones (excluding diaryl/α,β-unsaturated/α-hetero) is 1. The Morgan fingerprint density at radius 2 is 2.03 bits per heavy atom. The van der Waals surface area contributed by atoms with Crippen LogP contribution in [0.3, 0.4) is 0 Å². The van der Waals surface area contributed by atoms with E-state index >= 15 is 0 Å². The van der Waals surface area contributed by atoms with Gasteiger partial charge >= 0.3 is 0 Å². The van der Waals surface area contributed by atoms with Crippen molar-refractivity contribution in [2.24, 2.45) is 5.92 Å². The van der Waals surface area contributed by atoms with Crippen LogP contribution < -0.4 is 4.74 Å². The molecule has 3 fully saturated rings. The Bertz CT molecular complexity index is 880. The zero-order valence-corrected chi connectivity index (χ0v) is 18.0. The molecule has 162 valence electrons. The summed E-state index contributed by atoms with van der Waals surface area (Å²) >= 11 is 0. The number of rotatable bonds is 3. The van der Waals surface area contributed by atoms with Crippen molar-refractivity contribution in [1.82, 2.24) is 9.80 Å². The summed E-state index contributed by atoms with van der Waals surface area (Å²) in [5, 5.41) is 12.2. The van der Waals surface area contributed by atoms with Crippen molar-refractivity contribution in [1.29, 1.82) is 0 Å². The molecule has 4 atom stereocenters. The Balaban J connectivity index is 1.52. The van der Waals surface area contributed by atoms with Crippen LogP contribution in [0.2, 0.25) is 0 Å². The highest BCUT2D eigenvalue weighted by Crippen LogP contribution is 2.58. The van der Waals surface area contributed by atoms with Crippen LogP contribution in [0.1, 0.15) is 49.7 Å². The van der Waals surface area contributed by atoms with Crippen LogP contribution in [0.25, 0.3) is 0 Å². The van der Waals surface area contributed by atoms with Crippen LogP contribution in [0.4, 0.5) is 0 Å². The van der Waals surface area contributed by atoms with E-state index in [1.807, 2.05) is 17.0 Å². The first-order valence-corrected chi connectivity index (χ1v) is 11.3. The molecular weight excluding hydrogens is 380 g/mol. The molecule has 0 radical (unpaired) electrons. The number of fused-ring (bicyclic) bond motifs is 1. The third-order valence-corrected chi connectivity index (χ3v) is 8.42. The van der Waals surface area contributed by atoms with Gasteiger partial charge in [-0.15, -0.1) is 0 Å². The van der Waals surface area contributed by atoms with Crippen LogP contribution >= 0.6 is 0 Å². The number of nitrogens with zero attached hydrogens (tertiary/aromatic N) is 2. The Hall–Kier alpha value is -1.92. The number of hydrogen-bond donors (Lipinski definition) is 1. The van der Waals surface area contributed by atoms with Gasteiger partial charge in [0.05, 0.1) is 12.7 Å². The van der Waals surface area contributed by atoms with E-state index in [0.29, 0.717) is 12.8 Å². The van der Waals surface area contributed by atoms with Crippen molar-refractivity contribution in [3.8, 4) is 5.75 Å². The van der Waals surface area contributed by atoms with Gasteiger partial charge in [-0.05, 0) is 69.0 Å². The average Bonchev–Trinajstić information content (AvgIpc) is 3.27. The van der Waals surface area contributed by atoms with E-state index in [4.69, 9.17) is 4.74 Å². The van der Waals surface area contributed by atoms with Crippen molar-refractivity contribution in [3.63, 3.8) is 0 Å². The predicted molar refractivity (Wildman–Crippen MR) is 113 cm³/mol. The van der Waals surface area contributed by atoms with Gasteiger partial charge in [0, 0.05) is 43.3 Å². The van der Waals surface area contributed by atoms with Gasteiger partial charge in [0.2, 0.25) is 5.91 Å². The second-order valence-corrected chi connectivity index (χ2v) is 9.82. The Morgan fingerprint density at radius 1 is 1.27 bits per heavy atom. The maximum Gasteiger partial charge on any atom is 0.223 e. The fraction of sp³-hybridized carbons (Fsp3) is 0.667. The number of carbonyl (C=O) groups is 2. The van der Waals surface area contributed by atoms with E-state index in [-0.39, 0.29) is 24.2 Å². The normalized spacial score (nSPS) is 35.7. The molecule has 6 heteroatoms. The molecule has 1 N–H and O–H groups in total. The smallest absolute Gasteiger partial charge is 0.223 e. The molecule has 0 aromatic heterocycles. The first-order valence-electron chi connectivity index (χ1n) is 11.3. The molecule has 2 aliphatic carbocycles. The van der Waals surface area contributed by atoms with Crippen molar-refractivity contribution >= 4 is 11.7 Å². The van der Waals surface area contributed by atoms with E-state index in [1.165, 1.54) is 5.56 Å². The Morgan fingerprint density at radius 3 is 2.77 bits per heavy atom. The summed E-state index contributed by atoms with van der Waals surface area (Å²) in [4.78, 5) is 30.3. The lowest BCUT2D eigenvalue weighted by atomic mass is 9.47. The topological polar surface area (TPSA) is 70.1 Å². The highest BCUT2D eigenvalue weighted by molar-refractivity contribution is 5.89. The number of amides is 1. The minimum atomic E-state index is -1.01. The zero-order chi connectivity index (χ0) is 21.1. The number of ether oxygens (including phenoxy) is 1. The first kappa shape index (κ1) is 20.0. The number of ketones is 1. The summed E-state index contributed by atoms with van der Waals surface area (Å²) in [7, 11) is 3.72.